The number of rotatable bonds is 3. The van der Waals surface area contributed by atoms with Gasteiger partial charge in [-0.25, -0.2) is 4.98 Å². The van der Waals surface area contributed by atoms with E-state index in [2.05, 4.69) is 10.2 Å². The summed E-state index contributed by atoms with van der Waals surface area (Å²) in [6.45, 7) is 2.81. The van der Waals surface area contributed by atoms with Gasteiger partial charge in [-0.1, -0.05) is 0 Å². The highest BCUT2D eigenvalue weighted by Crippen LogP contribution is 2.25. The molecule has 1 aromatic carbocycles. The zero-order valence-electron chi connectivity index (χ0n) is 14.4. The van der Waals surface area contributed by atoms with Gasteiger partial charge in [-0.2, -0.15) is 0 Å². The first-order valence-electron chi connectivity index (χ1n) is 8.90. The van der Waals surface area contributed by atoms with Crippen molar-refractivity contribution < 1.29 is 14.6 Å². The van der Waals surface area contributed by atoms with E-state index < -0.39 is 0 Å². The number of hydrogen-bond donors (Lipinski definition) is 2. The number of aryl methyl sites for hydroxylation is 1. The maximum atomic E-state index is 12.5. The predicted octanol–water partition coefficient (Wildman–Crippen LogP) is 1.05. The standard InChI is InChI=1S/C18H24N4O3/c1-21-16-3-2-12(17(24)19-13-5-8-25-9-6-13)10-15(16)20-18(21)22-7-4-14(23)11-22/h2-3,10,13-14,23H,4-9,11H2,1H3,(H,19,24)/t14-/m0/s1. The number of ether oxygens (including phenoxy) is 1. The molecule has 0 spiro atoms. The molecule has 0 unspecified atom stereocenters. The monoisotopic (exact) mass is 344 g/mol. The summed E-state index contributed by atoms with van der Waals surface area (Å²) in [4.78, 5) is 19.3. The Morgan fingerprint density at radius 1 is 1.32 bits per heavy atom. The molecular weight excluding hydrogens is 320 g/mol. The topological polar surface area (TPSA) is 79.6 Å². The molecule has 2 fully saturated rings. The number of benzene rings is 1. The van der Waals surface area contributed by atoms with E-state index in [0.29, 0.717) is 25.3 Å². The smallest absolute Gasteiger partial charge is 0.251 e. The molecule has 1 aromatic heterocycles. The van der Waals surface area contributed by atoms with Gasteiger partial charge in [-0.3, -0.25) is 4.79 Å². The summed E-state index contributed by atoms with van der Waals surface area (Å²) in [7, 11) is 1.97. The first-order valence-corrected chi connectivity index (χ1v) is 8.90. The number of aromatic nitrogens is 2. The fourth-order valence-corrected chi connectivity index (χ4v) is 3.65. The van der Waals surface area contributed by atoms with Crippen LogP contribution in [0.5, 0.6) is 0 Å². The summed E-state index contributed by atoms with van der Waals surface area (Å²) >= 11 is 0. The van der Waals surface area contributed by atoms with E-state index >= 15 is 0 Å². The summed E-state index contributed by atoms with van der Waals surface area (Å²) in [5, 5.41) is 12.8. The molecule has 1 atom stereocenters. The summed E-state index contributed by atoms with van der Waals surface area (Å²) in [5.74, 6) is 0.783. The van der Waals surface area contributed by atoms with Crippen molar-refractivity contribution in [2.45, 2.75) is 31.4 Å². The number of imidazole rings is 1. The van der Waals surface area contributed by atoms with Crippen molar-refractivity contribution in [3.05, 3.63) is 23.8 Å². The number of aliphatic hydroxyl groups is 1. The van der Waals surface area contributed by atoms with Crippen molar-refractivity contribution in [1.82, 2.24) is 14.9 Å². The van der Waals surface area contributed by atoms with Crippen LogP contribution in [0.4, 0.5) is 5.95 Å². The van der Waals surface area contributed by atoms with Crippen LogP contribution in [0.25, 0.3) is 11.0 Å². The van der Waals surface area contributed by atoms with Crippen LogP contribution in [0.1, 0.15) is 29.6 Å². The second-order valence-electron chi connectivity index (χ2n) is 6.92. The summed E-state index contributed by atoms with van der Waals surface area (Å²) in [5.41, 5.74) is 2.42. The lowest BCUT2D eigenvalue weighted by atomic mass is 10.1. The number of β-amino-alcohol motifs (C(OH)–C–C–N with tert-alkyl or cyclic N) is 1. The number of carbonyl (C=O) groups is 1. The van der Waals surface area contributed by atoms with E-state index in [-0.39, 0.29) is 18.1 Å². The fourth-order valence-electron chi connectivity index (χ4n) is 3.65. The lowest BCUT2D eigenvalue weighted by molar-refractivity contribution is 0.0696. The Morgan fingerprint density at radius 3 is 2.84 bits per heavy atom. The molecule has 0 saturated carbocycles. The van der Waals surface area contributed by atoms with E-state index in [1.165, 1.54) is 0 Å². The van der Waals surface area contributed by atoms with Crippen LogP contribution >= 0.6 is 0 Å². The van der Waals surface area contributed by atoms with E-state index in [0.717, 1.165) is 42.8 Å². The van der Waals surface area contributed by atoms with Crippen molar-refractivity contribution >= 4 is 22.9 Å². The van der Waals surface area contributed by atoms with Gasteiger partial charge in [-0.05, 0) is 37.5 Å². The van der Waals surface area contributed by atoms with Crippen LogP contribution in [0.3, 0.4) is 0 Å². The van der Waals surface area contributed by atoms with Gasteiger partial charge in [0.25, 0.3) is 5.91 Å². The molecule has 2 aliphatic rings. The van der Waals surface area contributed by atoms with Crippen LogP contribution in [0.2, 0.25) is 0 Å². The minimum absolute atomic E-state index is 0.0578. The van der Waals surface area contributed by atoms with E-state index in [4.69, 9.17) is 9.72 Å². The molecule has 25 heavy (non-hydrogen) atoms. The number of nitrogens with zero attached hydrogens (tertiary/aromatic N) is 3. The summed E-state index contributed by atoms with van der Waals surface area (Å²) in [6.07, 6.45) is 2.19. The second-order valence-corrected chi connectivity index (χ2v) is 6.92. The molecule has 1 amide bonds. The van der Waals surface area contributed by atoms with Gasteiger partial charge < -0.3 is 24.6 Å². The highest BCUT2D eigenvalue weighted by atomic mass is 16.5. The first kappa shape index (κ1) is 16.4. The van der Waals surface area contributed by atoms with Crippen molar-refractivity contribution in [2.75, 3.05) is 31.2 Å². The lowest BCUT2D eigenvalue weighted by Gasteiger charge is -2.23. The molecule has 7 heteroatoms. The summed E-state index contributed by atoms with van der Waals surface area (Å²) in [6, 6.07) is 5.82. The Morgan fingerprint density at radius 2 is 2.12 bits per heavy atom. The van der Waals surface area contributed by atoms with E-state index in [1.807, 2.05) is 29.8 Å². The zero-order valence-corrected chi connectivity index (χ0v) is 14.4. The van der Waals surface area contributed by atoms with Crippen molar-refractivity contribution in [2.24, 2.45) is 7.05 Å². The van der Waals surface area contributed by atoms with Gasteiger partial charge >= 0.3 is 0 Å². The minimum Gasteiger partial charge on any atom is -0.391 e. The van der Waals surface area contributed by atoms with Crippen LogP contribution in [0, 0.1) is 0 Å². The van der Waals surface area contributed by atoms with Gasteiger partial charge in [0.1, 0.15) is 0 Å². The number of aliphatic hydroxyl groups excluding tert-OH is 1. The second kappa shape index (κ2) is 6.65. The average Bonchev–Trinajstić information content (AvgIpc) is 3.19. The normalized spacial score (nSPS) is 21.8. The fraction of sp³-hybridized carbons (Fsp3) is 0.556. The Hall–Kier alpha value is -2.12. The number of fused-ring (bicyclic) bond motifs is 1. The zero-order chi connectivity index (χ0) is 17.4. The number of hydrogen-bond acceptors (Lipinski definition) is 5. The maximum Gasteiger partial charge on any atom is 0.251 e. The number of carbonyl (C=O) groups excluding carboxylic acids is 1. The predicted molar refractivity (Wildman–Crippen MR) is 94.9 cm³/mol. The van der Waals surface area contributed by atoms with Gasteiger partial charge in [0, 0.05) is 45.0 Å². The molecule has 0 aliphatic carbocycles. The van der Waals surface area contributed by atoms with Crippen LogP contribution < -0.4 is 10.2 Å². The third kappa shape index (κ3) is 3.21. The third-order valence-corrected chi connectivity index (χ3v) is 5.12. The quantitative estimate of drug-likeness (QED) is 0.870. The van der Waals surface area contributed by atoms with Crippen molar-refractivity contribution in [3.8, 4) is 0 Å². The van der Waals surface area contributed by atoms with Gasteiger partial charge in [0.15, 0.2) is 0 Å². The molecule has 2 aromatic rings. The minimum atomic E-state index is -0.291. The molecule has 0 bridgehead atoms. The molecule has 0 radical (unpaired) electrons. The third-order valence-electron chi connectivity index (χ3n) is 5.12. The van der Waals surface area contributed by atoms with Crippen molar-refractivity contribution in [1.29, 1.82) is 0 Å². The van der Waals surface area contributed by atoms with E-state index in [9.17, 15) is 9.90 Å². The number of amides is 1. The molecule has 7 nitrogen and oxygen atoms in total. The Kier molecular flexibility index (Phi) is 4.35. The Bertz CT molecular complexity index is 782. The summed E-state index contributed by atoms with van der Waals surface area (Å²) < 4.78 is 7.35. The highest BCUT2D eigenvalue weighted by molar-refractivity contribution is 5.97. The molecule has 134 valence electrons. The number of anilines is 1. The molecule has 2 aliphatic heterocycles. The van der Waals surface area contributed by atoms with Crippen LogP contribution in [-0.2, 0) is 11.8 Å². The average molecular weight is 344 g/mol. The van der Waals surface area contributed by atoms with Crippen LogP contribution in [0.15, 0.2) is 18.2 Å². The highest BCUT2D eigenvalue weighted by Gasteiger charge is 2.25. The van der Waals surface area contributed by atoms with Gasteiger partial charge in [0.05, 0.1) is 17.1 Å². The van der Waals surface area contributed by atoms with Gasteiger partial charge in [0.2, 0.25) is 5.95 Å². The molecule has 3 heterocycles. The van der Waals surface area contributed by atoms with Gasteiger partial charge in [-0.15, -0.1) is 0 Å². The largest absolute Gasteiger partial charge is 0.391 e. The molecule has 2 N–H and O–H groups in total. The lowest BCUT2D eigenvalue weighted by Crippen LogP contribution is -2.38. The first-order chi connectivity index (χ1) is 12.1. The number of nitrogens with one attached hydrogen (secondary N) is 1. The Labute approximate surface area is 146 Å². The molecule has 4 rings (SSSR count). The molecule has 2 saturated heterocycles. The maximum absolute atomic E-state index is 12.5. The van der Waals surface area contributed by atoms with Crippen molar-refractivity contribution in [3.63, 3.8) is 0 Å². The van der Waals surface area contributed by atoms with E-state index in [1.54, 1.807) is 0 Å². The molecular formula is C18H24N4O3. The SMILES string of the molecule is Cn1c(N2CC[C@H](O)C2)nc2cc(C(=O)NC3CCOCC3)ccc21. The Balaban J connectivity index is 1.56. The van der Waals surface area contributed by atoms with Crippen LogP contribution in [-0.4, -0.2) is 59.0 Å².